The number of aliphatic carboxylic acids is 1. The molecule has 1 heterocycles. The molecule has 0 aromatic heterocycles. The van der Waals surface area contributed by atoms with Gasteiger partial charge in [0, 0.05) is 6.54 Å². The van der Waals surface area contributed by atoms with E-state index in [0.29, 0.717) is 6.54 Å². The zero-order valence-corrected chi connectivity index (χ0v) is 11.5. The van der Waals surface area contributed by atoms with Gasteiger partial charge in [-0.25, -0.2) is 0 Å². The molecule has 1 aliphatic rings. The Morgan fingerprint density at radius 3 is 2.83 bits per heavy atom. The fraction of sp³-hybridized carbons (Fsp3) is 0.857. The Kier molecular flexibility index (Phi) is 5.61. The molecule has 1 N–H and O–H groups in total. The van der Waals surface area contributed by atoms with Crippen LogP contribution in [0.5, 0.6) is 0 Å². The van der Waals surface area contributed by atoms with Crippen LogP contribution >= 0.6 is 0 Å². The van der Waals surface area contributed by atoms with Gasteiger partial charge in [-0.1, -0.05) is 6.42 Å². The number of rotatable bonds is 6. The normalized spacial score (nSPS) is 21.5. The minimum absolute atomic E-state index is 0.186. The summed E-state index contributed by atoms with van der Waals surface area (Å²) in [5.74, 6) is -0.848. The van der Waals surface area contributed by atoms with E-state index in [9.17, 15) is 4.79 Å². The van der Waals surface area contributed by atoms with E-state index in [1.54, 1.807) is 0 Å². The van der Waals surface area contributed by atoms with Crippen molar-refractivity contribution in [2.75, 3.05) is 19.6 Å². The number of hydrogen-bond acceptors (Lipinski definition) is 3. The fourth-order valence-corrected chi connectivity index (χ4v) is 2.42. The molecule has 0 aromatic carbocycles. The lowest BCUT2D eigenvalue weighted by atomic mass is 9.89. The summed E-state index contributed by atoms with van der Waals surface area (Å²) in [5.41, 5.74) is -0.231. The number of nitriles is 1. The molecule has 1 rings (SSSR count). The minimum atomic E-state index is -0.662. The minimum Gasteiger partial charge on any atom is -0.481 e. The van der Waals surface area contributed by atoms with Crippen LogP contribution in [0.3, 0.4) is 0 Å². The molecule has 4 nitrogen and oxygen atoms in total. The first-order chi connectivity index (χ1) is 8.44. The maximum absolute atomic E-state index is 10.9. The second-order valence-electron chi connectivity index (χ2n) is 5.93. The van der Waals surface area contributed by atoms with Crippen molar-refractivity contribution in [3.05, 3.63) is 0 Å². The maximum atomic E-state index is 10.9. The Morgan fingerprint density at radius 1 is 1.50 bits per heavy atom. The third kappa shape index (κ3) is 5.05. The third-order valence-corrected chi connectivity index (χ3v) is 3.68. The lowest BCUT2D eigenvalue weighted by Gasteiger charge is -2.30. The Labute approximate surface area is 110 Å². The van der Waals surface area contributed by atoms with Crippen LogP contribution in [0.15, 0.2) is 0 Å². The molecule has 0 aromatic rings. The van der Waals surface area contributed by atoms with Crippen LogP contribution in [0.2, 0.25) is 0 Å². The van der Waals surface area contributed by atoms with Gasteiger partial charge in [-0.15, -0.1) is 0 Å². The van der Waals surface area contributed by atoms with Crippen LogP contribution in [0.25, 0.3) is 0 Å². The van der Waals surface area contributed by atoms with Crippen LogP contribution in [0.4, 0.5) is 0 Å². The van der Waals surface area contributed by atoms with Gasteiger partial charge in [-0.05, 0) is 52.6 Å². The monoisotopic (exact) mass is 252 g/mol. The van der Waals surface area contributed by atoms with Gasteiger partial charge < -0.3 is 10.0 Å². The van der Waals surface area contributed by atoms with E-state index < -0.39 is 5.97 Å². The van der Waals surface area contributed by atoms with Crippen LogP contribution < -0.4 is 0 Å². The highest BCUT2D eigenvalue weighted by Gasteiger charge is 2.25. The van der Waals surface area contributed by atoms with Crippen molar-refractivity contribution < 1.29 is 9.90 Å². The summed E-state index contributed by atoms with van der Waals surface area (Å²) in [6, 6.07) is 2.31. The predicted molar refractivity (Wildman–Crippen MR) is 70.0 cm³/mol. The lowest BCUT2D eigenvalue weighted by molar-refractivity contribution is -0.143. The molecule has 4 heteroatoms. The summed E-state index contributed by atoms with van der Waals surface area (Å²) in [4.78, 5) is 13.2. The maximum Gasteiger partial charge on any atom is 0.307 e. The Balaban J connectivity index is 2.20. The van der Waals surface area contributed by atoms with E-state index in [0.717, 1.165) is 45.2 Å². The summed E-state index contributed by atoms with van der Waals surface area (Å²) in [6.45, 7) is 6.61. The molecule has 0 spiro atoms. The van der Waals surface area contributed by atoms with Crippen molar-refractivity contribution in [3.63, 3.8) is 0 Å². The molecule has 1 atom stereocenters. The number of unbranched alkanes of at least 4 members (excludes halogenated alkanes) is 1. The van der Waals surface area contributed by atoms with Crippen molar-refractivity contribution in [1.29, 1.82) is 5.26 Å². The molecule has 18 heavy (non-hydrogen) atoms. The van der Waals surface area contributed by atoms with Crippen molar-refractivity contribution in [2.45, 2.75) is 46.0 Å². The number of carbonyl (C=O) groups is 1. The van der Waals surface area contributed by atoms with Crippen LogP contribution in [-0.2, 0) is 4.79 Å². The molecule has 1 aliphatic heterocycles. The van der Waals surface area contributed by atoms with Crippen molar-refractivity contribution >= 4 is 5.97 Å². The largest absolute Gasteiger partial charge is 0.481 e. The second kappa shape index (κ2) is 6.75. The molecule has 0 saturated carbocycles. The SMILES string of the molecule is CC(C)(C#N)CCCCN1CCCC(C(=O)O)C1. The molecule has 1 unspecified atom stereocenters. The van der Waals surface area contributed by atoms with Crippen LogP contribution in [-0.4, -0.2) is 35.6 Å². The first kappa shape index (κ1) is 15.0. The highest BCUT2D eigenvalue weighted by atomic mass is 16.4. The molecule has 0 amide bonds. The topological polar surface area (TPSA) is 64.3 Å². The molecular formula is C14H24N2O2. The highest BCUT2D eigenvalue weighted by Crippen LogP contribution is 2.22. The van der Waals surface area contributed by atoms with Gasteiger partial charge in [0.05, 0.1) is 17.4 Å². The first-order valence-electron chi connectivity index (χ1n) is 6.81. The van der Waals surface area contributed by atoms with Crippen molar-refractivity contribution in [1.82, 2.24) is 4.90 Å². The lowest BCUT2D eigenvalue weighted by Crippen LogP contribution is -2.39. The summed E-state index contributed by atoms with van der Waals surface area (Å²) >= 11 is 0. The molecule has 0 radical (unpaired) electrons. The number of nitrogens with zero attached hydrogens (tertiary/aromatic N) is 2. The summed E-state index contributed by atoms with van der Waals surface area (Å²) in [7, 11) is 0. The van der Waals surface area contributed by atoms with Crippen LogP contribution in [0.1, 0.15) is 46.0 Å². The van der Waals surface area contributed by atoms with Gasteiger partial charge in [-0.2, -0.15) is 5.26 Å². The number of carboxylic acid groups (broad SMARTS) is 1. The third-order valence-electron chi connectivity index (χ3n) is 3.68. The Hall–Kier alpha value is -1.08. The molecule has 1 fully saturated rings. The summed E-state index contributed by atoms with van der Waals surface area (Å²) in [5, 5.41) is 17.9. The zero-order valence-electron chi connectivity index (χ0n) is 11.5. The number of piperidine rings is 1. The summed E-state index contributed by atoms with van der Waals surface area (Å²) in [6.07, 6.45) is 4.81. The van der Waals surface area contributed by atoms with Gasteiger partial charge in [0.15, 0.2) is 0 Å². The average molecular weight is 252 g/mol. The van der Waals surface area contributed by atoms with Gasteiger partial charge in [0.25, 0.3) is 0 Å². The van der Waals surface area contributed by atoms with E-state index in [4.69, 9.17) is 10.4 Å². The molecule has 0 bridgehead atoms. The molecule has 1 saturated heterocycles. The first-order valence-corrected chi connectivity index (χ1v) is 6.81. The van der Waals surface area contributed by atoms with E-state index in [1.807, 2.05) is 13.8 Å². The number of hydrogen-bond donors (Lipinski definition) is 1. The Bertz CT molecular complexity index is 320. The van der Waals surface area contributed by atoms with E-state index in [2.05, 4.69) is 11.0 Å². The predicted octanol–water partition coefficient (Wildman–Crippen LogP) is 2.50. The molecular weight excluding hydrogens is 228 g/mol. The quantitative estimate of drug-likeness (QED) is 0.738. The standard InChI is InChI=1S/C14H24N2O2/c1-14(2,11-15)7-3-4-8-16-9-5-6-12(10-16)13(17)18/h12H,3-10H2,1-2H3,(H,17,18). The fourth-order valence-electron chi connectivity index (χ4n) is 2.42. The van der Waals surface area contributed by atoms with Crippen molar-refractivity contribution in [3.8, 4) is 6.07 Å². The summed E-state index contributed by atoms with van der Waals surface area (Å²) < 4.78 is 0. The molecule has 0 aliphatic carbocycles. The molecule has 102 valence electrons. The number of likely N-dealkylation sites (tertiary alicyclic amines) is 1. The number of carboxylic acids is 1. The van der Waals surface area contributed by atoms with Gasteiger partial charge in [0.2, 0.25) is 0 Å². The van der Waals surface area contributed by atoms with E-state index in [1.165, 1.54) is 0 Å². The smallest absolute Gasteiger partial charge is 0.307 e. The zero-order chi connectivity index (χ0) is 13.6. The van der Waals surface area contributed by atoms with Crippen molar-refractivity contribution in [2.24, 2.45) is 11.3 Å². The van der Waals surface area contributed by atoms with Gasteiger partial charge in [0.1, 0.15) is 0 Å². The average Bonchev–Trinajstić information content (AvgIpc) is 2.35. The van der Waals surface area contributed by atoms with E-state index in [-0.39, 0.29) is 11.3 Å². The highest BCUT2D eigenvalue weighted by molar-refractivity contribution is 5.70. The second-order valence-corrected chi connectivity index (χ2v) is 5.93. The van der Waals surface area contributed by atoms with Crippen LogP contribution in [0, 0.1) is 22.7 Å². The van der Waals surface area contributed by atoms with Gasteiger partial charge >= 0.3 is 5.97 Å². The Morgan fingerprint density at radius 2 is 2.22 bits per heavy atom. The van der Waals surface area contributed by atoms with Gasteiger partial charge in [-0.3, -0.25) is 4.79 Å². The van der Waals surface area contributed by atoms with E-state index >= 15 is 0 Å².